The van der Waals surface area contributed by atoms with E-state index < -0.39 is 0 Å². The highest BCUT2D eigenvalue weighted by molar-refractivity contribution is 8.00. The van der Waals surface area contributed by atoms with Crippen molar-refractivity contribution < 1.29 is 14.3 Å². The van der Waals surface area contributed by atoms with E-state index in [2.05, 4.69) is 16.7 Å². The predicted molar refractivity (Wildman–Crippen MR) is 146 cm³/mol. The molecule has 180 valence electrons. The fraction of sp³-hybridized carbons (Fsp3) is 0.107. The molecular weight excluding hydrogens is 490 g/mol. The molecule has 2 amide bonds. The molecule has 0 atom stereocenters. The number of nitrogens with one attached hydrogen (secondary N) is 2. The van der Waals surface area contributed by atoms with Crippen LogP contribution < -0.4 is 15.4 Å². The molecule has 1 heterocycles. The van der Waals surface area contributed by atoms with Gasteiger partial charge in [-0.05, 0) is 55.0 Å². The second-order valence-electron chi connectivity index (χ2n) is 7.88. The van der Waals surface area contributed by atoms with Gasteiger partial charge in [0, 0.05) is 27.1 Å². The van der Waals surface area contributed by atoms with Crippen LogP contribution in [0.5, 0.6) is 5.75 Å². The molecule has 8 heteroatoms. The van der Waals surface area contributed by atoms with E-state index in [1.807, 2.05) is 54.8 Å². The number of carbonyl (C=O) groups is 2. The molecular formula is C28H23N3O3S2. The summed E-state index contributed by atoms with van der Waals surface area (Å²) in [6.45, 7) is 2.01. The Morgan fingerprint density at radius 3 is 2.47 bits per heavy atom. The van der Waals surface area contributed by atoms with Gasteiger partial charge in [-0.3, -0.25) is 9.59 Å². The number of nitriles is 1. The molecule has 36 heavy (non-hydrogen) atoms. The van der Waals surface area contributed by atoms with Crippen LogP contribution in [0.2, 0.25) is 0 Å². The molecule has 0 unspecified atom stereocenters. The van der Waals surface area contributed by atoms with Gasteiger partial charge in [0.1, 0.15) is 16.8 Å². The van der Waals surface area contributed by atoms with Crippen molar-refractivity contribution in [1.82, 2.24) is 0 Å². The predicted octanol–water partition coefficient (Wildman–Crippen LogP) is 6.59. The zero-order valence-corrected chi connectivity index (χ0v) is 21.3. The largest absolute Gasteiger partial charge is 0.497 e. The fourth-order valence-electron chi connectivity index (χ4n) is 3.43. The third kappa shape index (κ3) is 6.13. The van der Waals surface area contributed by atoms with Gasteiger partial charge in [-0.2, -0.15) is 5.26 Å². The third-order valence-electron chi connectivity index (χ3n) is 5.33. The highest BCUT2D eigenvalue weighted by Gasteiger charge is 2.16. The van der Waals surface area contributed by atoms with Crippen molar-refractivity contribution in [1.29, 1.82) is 5.26 Å². The normalized spacial score (nSPS) is 10.4. The van der Waals surface area contributed by atoms with E-state index in [9.17, 15) is 14.9 Å². The van der Waals surface area contributed by atoms with E-state index in [0.717, 1.165) is 21.6 Å². The minimum Gasteiger partial charge on any atom is -0.497 e. The maximum Gasteiger partial charge on any atom is 0.255 e. The molecule has 0 aliphatic rings. The molecule has 0 fully saturated rings. The summed E-state index contributed by atoms with van der Waals surface area (Å²) in [5, 5.41) is 17.9. The van der Waals surface area contributed by atoms with E-state index in [-0.39, 0.29) is 17.6 Å². The first-order valence-electron chi connectivity index (χ1n) is 11.0. The van der Waals surface area contributed by atoms with E-state index in [1.54, 1.807) is 37.4 Å². The van der Waals surface area contributed by atoms with Gasteiger partial charge in [-0.25, -0.2) is 0 Å². The summed E-state index contributed by atoms with van der Waals surface area (Å²) in [5.41, 5.74) is 4.51. The van der Waals surface area contributed by atoms with Gasteiger partial charge in [0.25, 0.3) is 5.91 Å². The highest BCUT2D eigenvalue weighted by Crippen LogP contribution is 2.35. The third-order valence-corrected chi connectivity index (χ3v) is 7.22. The number of hydrogen-bond acceptors (Lipinski definition) is 6. The maximum absolute atomic E-state index is 12.6. The van der Waals surface area contributed by atoms with Crippen LogP contribution in [0.3, 0.4) is 0 Å². The number of amides is 2. The lowest BCUT2D eigenvalue weighted by Gasteiger charge is -2.08. The van der Waals surface area contributed by atoms with E-state index >= 15 is 0 Å². The molecule has 3 aromatic carbocycles. The van der Waals surface area contributed by atoms with Crippen molar-refractivity contribution in [2.24, 2.45) is 0 Å². The number of aryl methyl sites for hydroxylation is 1. The standard InChI is InChI=1S/C28H23N3O3S2/c1-18-6-8-19(9-7-18)25-16-36-28(24(25)15-29)31-26(32)17-35-23-5-3-4-21(14-23)30-27(33)20-10-12-22(34-2)13-11-20/h3-14,16H,17H2,1-2H3,(H,30,33)(H,31,32). The monoisotopic (exact) mass is 513 g/mol. The topological polar surface area (TPSA) is 91.2 Å². The van der Waals surface area contributed by atoms with Gasteiger partial charge >= 0.3 is 0 Å². The van der Waals surface area contributed by atoms with Crippen LogP contribution in [0, 0.1) is 18.3 Å². The van der Waals surface area contributed by atoms with Crippen molar-refractivity contribution in [3.63, 3.8) is 0 Å². The van der Waals surface area contributed by atoms with Crippen LogP contribution in [-0.2, 0) is 4.79 Å². The summed E-state index contributed by atoms with van der Waals surface area (Å²) >= 11 is 2.69. The Hall–Kier alpha value is -4.06. The second kappa shape index (κ2) is 11.6. The molecule has 4 rings (SSSR count). The first kappa shape index (κ1) is 25.0. The SMILES string of the molecule is COc1ccc(C(=O)Nc2cccc(SCC(=O)Nc3scc(-c4ccc(C)cc4)c3C#N)c2)cc1. The van der Waals surface area contributed by atoms with Gasteiger partial charge in [-0.15, -0.1) is 23.1 Å². The fourth-order valence-corrected chi connectivity index (χ4v) is 5.12. The Morgan fingerprint density at radius 1 is 1.03 bits per heavy atom. The van der Waals surface area contributed by atoms with Crippen LogP contribution in [0.25, 0.3) is 11.1 Å². The Kier molecular flexibility index (Phi) is 8.06. The smallest absolute Gasteiger partial charge is 0.255 e. The molecule has 6 nitrogen and oxygen atoms in total. The van der Waals surface area contributed by atoms with E-state index in [0.29, 0.717) is 27.6 Å². The number of methoxy groups -OCH3 is 1. The van der Waals surface area contributed by atoms with E-state index in [1.165, 1.54) is 23.1 Å². The molecule has 0 aliphatic carbocycles. The number of thiophene rings is 1. The Labute approximate surface area is 217 Å². The van der Waals surface area contributed by atoms with Crippen molar-refractivity contribution in [2.75, 3.05) is 23.5 Å². The molecule has 1 aromatic heterocycles. The van der Waals surface area contributed by atoms with Crippen LogP contribution in [0.1, 0.15) is 21.5 Å². The van der Waals surface area contributed by atoms with E-state index in [4.69, 9.17) is 4.74 Å². The van der Waals surface area contributed by atoms with Crippen LogP contribution in [0.4, 0.5) is 10.7 Å². The summed E-state index contributed by atoms with van der Waals surface area (Å²) in [6.07, 6.45) is 0. The van der Waals surface area contributed by atoms with Crippen molar-refractivity contribution in [3.8, 4) is 22.9 Å². The maximum atomic E-state index is 12.6. The molecule has 0 spiro atoms. The quantitative estimate of drug-likeness (QED) is 0.260. The number of rotatable bonds is 8. The molecule has 0 bridgehead atoms. The summed E-state index contributed by atoms with van der Waals surface area (Å²) < 4.78 is 5.12. The zero-order chi connectivity index (χ0) is 25.5. The number of hydrogen-bond donors (Lipinski definition) is 2. The number of carbonyl (C=O) groups excluding carboxylic acids is 2. The lowest BCUT2D eigenvalue weighted by atomic mass is 10.0. The molecule has 0 saturated carbocycles. The van der Waals surface area contributed by atoms with Crippen LogP contribution in [-0.4, -0.2) is 24.7 Å². The first-order chi connectivity index (χ1) is 17.5. The summed E-state index contributed by atoms with van der Waals surface area (Å²) in [5.74, 6) is 0.405. The molecule has 0 saturated heterocycles. The van der Waals surface area contributed by atoms with Crippen molar-refractivity contribution >= 4 is 45.6 Å². The first-order valence-corrected chi connectivity index (χ1v) is 12.9. The van der Waals surface area contributed by atoms with Crippen LogP contribution >= 0.6 is 23.1 Å². The minimum atomic E-state index is -0.233. The Morgan fingerprint density at radius 2 is 1.78 bits per heavy atom. The molecule has 4 aromatic rings. The Bertz CT molecular complexity index is 1420. The average Bonchev–Trinajstić information content (AvgIpc) is 3.30. The Balaban J connectivity index is 1.36. The molecule has 0 radical (unpaired) electrons. The molecule has 0 aliphatic heterocycles. The summed E-state index contributed by atoms with van der Waals surface area (Å²) in [6, 6.07) is 24.3. The summed E-state index contributed by atoms with van der Waals surface area (Å²) in [7, 11) is 1.57. The number of ether oxygens (including phenoxy) is 1. The van der Waals surface area contributed by atoms with Gasteiger partial charge in [0.15, 0.2) is 0 Å². The minimum absolute atomic E-state index is 0.165. The van der Waals surface area contributed by atoms with Crippen molar-refractivity contribution in [3.05, 3.63) is 94.9 Å². The summed E-state index contributed by atoms with van der Waals surface area (Å²) in [4.78, 5) is 26.0. The zero-order valence-electron chi connectivity index (χ0n) is 19.7. The molecule has 2 N–H and O–H groups in total. The lowest BCUT2D eigenvalue weighted by molar-refractivity contribution is -0.113. The van der Waals surface area contributed by atoms with Crippen molar-refractivity contribution in [2.45, 2.75) is 11.8 Å². The number of nitrogens with zero attached hydrogens (tertiary/aromatic N) is 1. The van der Waals surface area contributed by atoms with Gasteiger partial charge in [-0.1, -0.05) is 35.9 Å². The highest BCUT2D eigenvalue weighted by atomic mass is 32.2. The van der Waals surface area contributed by atoms with Crippen LogP contribution in [0.15, 0.2) is 83.1 Å². The number of benzene rings is 3. The van der Waals surface area contributed by atoms with Gasteiger partial charge in [0.2, 0.25) is 5.91 Å². The average molecular weight is 514 g/mol. The second-order valence-corrected chi connectivity index (χ2v) is 9.81. The van der Waals surface area contributed by atoms with Gasteiger partial charge < -0.3 is 15.4 Å². The van der Waals surface area contributed by atoms with Gasteiger partial charge in [0.05, 0.1) is 18.4 Å². The lowest BCUT2D eigenvalue weighted by Crippen LogP contribution is -2.14. The number of anilines is 2. The number of thioether (sulfide) groups is 1.